The molecule has 2 unspecified atom stereocenters. The number of hydrogen-bond acceptors (Lipinski definition) is 3. The van der Waals surface area contributed by atoms with Crippen molar-refractivity contribution < 1.29 is 4.74 Å². The fourth-order valence-electron chi connectivity index (χ4n) is 2.23. The fraction of sp³-hybridized carbons (Fsp3) is 0.769. The van der Waals surface area contributed by atoms with Crippen molar-refractivity contribution in [1.82, 2.24) is 15.1 Å². The summed E-state index contributed by atoms with van der Waals surface area (Å²) in [6.07, 6.45) is 8.12. The minimum atomic E-state index is 0.372. The number of aromatic nitrogens is 2. The van der Waals surface area contributed by atoms with Crippen LogP contribution in [0, 0.1) is 0 Å². The van der Waals surface area contributed by atoms with Crippen molar-refractivity contribution in [1.29, 1.82) is 0 Å². The summed E-state index contributed by atoms with van der Waals surface area (Å²) >= 11 is 0. The topological polar surface area (TPSA) is 39.1 Å². The molecular formula is C13H23N3O. The number of nitrogens with one attached hydrogen (secondary N) is 1. The van der Waals surface area contributed by atoms with Gasteiger partial charge < -0.3 is 10.1 Å². The molecule has 96 valence electrons. The van der Waals surface area contributed by atoms with Crippen LogP contribution in [0.15, 0.2) is 12.4 Å². The van der Waals surface area contributed by atoms with Crippen molar-refractivity contribution >= 4 is 0 Å². The van der Waals surface area contributed by atoms with E-state index in [1.807, 2.05) is 10.9 Å². The summed E-state index contributed by atoms with van der Waals surface area (Å²) in [7, 11) is 0. The number of nitrogens with zero attached hydrogens (tertiary/aromatic N) is 2. The Hall–Kier alpha value is -0.870. The number of aryl methyl sites for hydroxylation is 1. The maximum atomic E-state index is 5.61. The Morgan fingerprint density at radius 1 is 1.65 bits per heavy atom. The summed E-state index contributed by atoms with van der Waals surface area (Å²) in [5.41, 5.74) is 1.26. The Balaban J connectivity index is 1.70. The predicted molar refractivity (Wildman–Crippen MR) is 67.9 cm³/mol. The van der Waals surface area contributed by atoms with Crippen LogP contribution in [0.2, 0.25) is 0 Å². The lowest BCUT2D eigenvalue weighted by atomic mass is 10.1. The summed E-state index contributed by atoms with van der Waals surface area (Å²) in [6.45, 7) is 7.19. The molecule has 1 aliphatic heterocycles. The Morgan fingerprint density at radius 2 is 2.53 bits per heavy atom. The van der Waals surface area contributed by atoms with Crippen molar-refractivity contribution in [2.75, 3.05) is 13.2 Å². The molecule has 2 heterocycles. The van der Waals surface area contributed by atoms with Gasteiger partial charge in [-0.25, -0.2) is 0 Å². The standard InChI is InChI=1S/C13H23N3O/c1-3-16-10-12(9-15-16)11(2)14-7-6-13-5-4-8-17-13/h9-11,13-14H,3-8H2,1-2H3. The first-order valence-electron chi connectivity index (χ1n) is 6.67. The molecule has 0 bridgehead atoms. The average molecular weight is 237 g/mol. The molecule has 1 saturated heterocycles. The largest absolute Gasteiger partial charge is 0.378 e. The van der Waals surface area contributed by atoms with Crippen LogP contribution < -0.4 is 5.32 Å². The van der Waals surface area contributed by atoms with E-state index < -0.39 is 0 Å². The predicted octanol–water partition coefficient (Wildman–Crippen LogP) is 2.12. The monoisotopic (exact) mass is 237 g/mol. The Labute approximate surface area is 103 Å². The van der Waals surface area contributed by atoms with E-state index in [0.717, 1.165) is 26.1 Å². The van der Waals surface area contributed by atoms with E-state index in [1.54, 1.807) is 0 Å². The van der Waals surface area contributed by atoms with E-state index in [4.69, 9.17) is 4.74 Å². The minimum Gasteiger partial charge on any atom is -0.378 e. The lowest BCUT2D eigenvalue weighted by Gasteiger charge is -2.14. The van der Waals surface area contributed by atoms with Gasteiger partial charge in [-0.15, -0.1) is 0 Å². The van der Waals surface area contributed by atoms with E-state index in [2.05, 4.69) is 30.5 Å². The van der Waals surface area contributed by atoms with Gasteiger partial charge >= 0.3 is 0 Å². The fourth-order valence-corrected chi connectivity index (χ4v) is 2.23. The molecule has 4 heteroatoms. The zero-order valence-corrected chi connectivity index (χ0v) is 10.9. The quantitative estimate of drug-likeness (QED) is 0.823. The molecule has 0 radical (unpaired) electrons. The third-order valence-corrected chi connectivity index (χ3v) is 3.42. The van der Waals surface area contributed by atoms with Gasteiger partial charge in [-0.05, 0) is 39.7 Å². The molecule has 2 atom stereocenters. The summed E-state index contributed by atoms with van der Waals surface area (Å²) in [6, 6.07) is 0.372. The Morgan fingerprint density at radius 3 is 3.18 bits per heavy atom. The molecule has 1 aromatic rings. The minimum absolute atomic E-state index is 0.372. The molecule has 1 aliphatic rings. The van der Waals surface area contributed by atoms with Crippen LogP contribution in [0.4, 0.5) is 0 Å². The molecule has 2 rings (SSSR count). The van der Waals surface area contributed by atoms with Gasteiger partial charge in [-0.2, -0.15) is 5.10 Å². The summed E-state index contributed by atoms with van der Waals surface area (Å²) in [5.74, 6) is 0. The lowest BCUT2D eigenvalue weighted by Crippen LogP contribution is -2.23. The van der Waals surface area contributed by atoms with Gasteiger partial charge in [0.1, 0.15) is 0 Å². The van der Waals surface area contributed by atoms with E-state index in [0.29, 0.717) is 12.1 Å². The number of hydrogen-bond donors (Lipinski definition) is 1. The highest BCUT2D eigenvalue weighted by molar-refractivity contribution is 5.08. The second kappa shape index (κ2) is 6.17. The lowest BCUT2D eigenvalue weighted by molar-refractivity contribution is 0.103. The molecule has 1 fully saturated rings. The zero-order valence-electron chi connectivity index (χ0n) is 10.9. The zero-order chi connectivity index (χ0) is 12.1. The Bertz CT molecular complexity index is 331. The molecular weight excluding hydrogens is 214 g/mol. The highest BCUT2D eigenvalue weighted by Crippen LogP contribution is 2.16. The second-order valence-corrected chi connectivity index (χ2v) is 4.73. The highest BCUT2D eigenvalue weighted by atomic mass is 16.5. The van der Waals surface area contributed by atoms with Gasteiger partial charge in [0, 0.05) is 31.0 Å². The first kappa shape index (κ1) is 12.6. The summed E-state index contributed by atoms with van der Waals surface area (Å²) < 4.78 is 7.57. The van der Waals surface area contributed by atoms with Crippen LogP contribution >= 0.6 is 0 Å². The normalized spacial score (nSPS) is 21.9. The van der Waals surface area contributed by atoms with E-state index in [9.17, 15) is 0 Å². The van der Waals surface area contributed by atoms with Gasteiger partial charge in [-0.3, -0.25) is 4.68 Å². The highest BCUT2D eigenvalue weighted by Gasteiger charge is 2.15. The first-order chi connectivity index (χ1) is 8.29. The van der Waals surface area contributed by atoms with Crippen molar-refractivity contribution in [3.63, 3.8) is 0 Å². The summed E-state index contributed by atoms with van der Waals surface area (Å²) in [4.78, 5) is 0. The smallest absolute Gasteiger partial charge is 0.0588 e. The van der Waals surface area contributed by atoms with Crippen LogP contribution in [-0.2, 0) is 11.3 Å². The van der Waals surface area contributed by atoms with Crippen LogP contribution in [0.1, 0.15) is 44.7 Å². The molecule has 17 heavy (non-hydrogen) atoms. The molecule has 4 nitrogen and oxygen atoms in total. The van der Waals surface area contributed by atoms with Gasteiger partial charge in [-0.1, -0.05) is 0 Å². The number of ether oxygens (including phenoxy) is 1. The van der Waals surface area contributed by atoms with Crippen LogP contribution in [0.3, 0.4) is 0 Å². The maximum absolute atomic E-state index is 5.61. The van der Waals surface area contributed by atoms with E-state index >= 15 is 0 Å². The van der Waals surface area contributed by atoms with E-state index in [1.165, 1.54) is 18.4 Å². The van der Waals surface area contributed by atoms with Gasteiger partial charge in [0.15, 0.2) is 0 Å². The summed E-state index contributed by atoms with van der Waals surface area (Å²) in [5, 5.41) is 7.82. The third kappa shape index (κ3) is 3.54. The molecule has 1 N–H and O–H groups in total. The van der Waals surface area contributed by atoms with Crippen molar-refractivity contribution in [2.24, 2.45) is 0 Å². The van der Waals surface area contributed by atoms with E-state index in [-0.39, 0.29) is 0 Å². The molecule has 0 aromatic carbocycles. The SMILES string of the molecule is CCn1cc(C(C)NCCC2CCCO2)cn1. The maximum Gasteiger partial charge on any atom is 0.0588 e. The first-order valence-corrected chi connectivity index (χ1v) is 6.67. The van der Waals surface area contributed by atoms with Crippen LogP contribution in [0.25, 0.3) is 0 Å². The van der Waals surface area contributed by atoms with Gasteiger partial charge in [0.25, 0.3) is 0 Å². The van der Waals surface area contributed by atoms with Crippen molar-refractivity contribution in [3.05, 3.63) is 18.0 Å². The third-order valence-electron chi connectivity index (χ3n) is 3.42. The molecule has 0 saturated carbocycles. The number of rotatable bonds is 6. The average Bonchev–Trinajstić information content (AvgIpc) is 2.99. The second-order valence-electron chi connectivity index (χ2n) is 4.73. The Kier molecular flexibility index (Phi) is 4.57. The van der Waals surface area contributed by atoms with Crippen LogP contribution in [0.5, 0.6) is 0 Å². The van der Waals surface area contributed by atoms with Crippen molar-refractivity contribution in [2.45, 2.75) is 51.8 Å². The molecule has 1 aromatic heterocycles. The van der Waals surface area contributed by atoms with Gasteiger partial charge in [0.2, 0.25) is 0 Å². The van der Waals surface area contributed by atoms with Crippen LogP contribution in [-0.4, -0.2) is 29.0 Å². The molecule has 0 amide bonds. The molecule has 0 spiro atoms. The van der Waals surface area contributed by atoms with Gasteiger partial charge in [0.05, 0.1) is 12.3 Å². The van der Waals surface area contributed by atoms with Crippen molar-refractivity contribution in [3.8, 4) is 0 Å². The molecule has 0 aliphatic carbocycles.